The van der Waals surface area contributed by atoms with Gasteiger partial charge in [-0.1, -0.05) is 29.8 Å². The van der Waals surface area contributed by atoms with Crippen molar-refractivity contribution in [2.24, 2.45) is 0 Å². The van der Waals surface area contributed by atoms with E-state index in [0.29, 0.717) is 11.8 Å². The number of thiophene rings is 1. The second kappa shape index (κ2) is 13.1. The fraction of sp³-hybridized carbons (Fsp3) is 0.344. The third-order valence-corrected chi connectivity index (χ3v) is 11.8. The number of methoxy groups -OCH3 is 1. The first kappa shape index (κ1) is 32.3. The van der Waals surface area contributed by atoms with Gasteiger partial charge < -0.3 is 15.0 Å². The van der Waals surface area contributed by atoms with Gasteiger partial charge in [0, 0.05) is 38.3 Å². The van der Waals surface area contributed by atoms with E-state index in [0.717, 1.165) is 70.1 Å². The Morgan fingerprint density at radius 3 is 2.23 bits per heavy atom. The van der Waals surface area contributed by atoms with E-state index in [1.54, 1.807) is 36.3 Å². The number of rotatable bonds is 9. The predicted octanol–water partition coefficient (Wildman–Crippen LogP) is 6.93. The molecule has 1 aliphatic rings. The maximum atomic E-state index is 14.7. The van der Waals surface area contributed by atoms with Gasteiger partial charge in [-0.25, -0.2) is 21.5 Å². The van der Waals surface area contributed by atoms with Crippen molar-refractivity contribution in [3.63, 3.8) is 0 Å². The monoisotopic (exact) mass is 661 g/mol. The highest BCUT2D eigenvalue weighted by atomic mass is 35.5. The van der Waals surface area contributed by atoms with Crippen molar-refractivity contribution in [2.75, 3.05) is 28.3 Å². The molecule has 1 amide bonds. The Hall–Kier alpha value is -3.09. The highest BCUT2D eigenvalue weighted by molar-refractivity contribution is 7.89. The molecule has 0 radical (unpaired) electrons. The quantitative estimate of drug-likeness (QED) is 0.211. The summed E-state index contributed by atoms with van der Waals surface area (Å²) in [5, 5.41) is 3.14. The van der Waals surface area contributed by atoms with Gasteiger partial charge in [-0.3, -0.25) is 4.79 Å². The Kier molecular flexibility index (Phi) is 9.62. The highest BCUT2D eigenvalue weighted by Gasteiger charge is 2.33. The number of sulfonamides is 1. The smallest absolute Gasteiger partial charge is 0.266 e. The molecule has 1 saturated carbocycles. The van der Waals surface area contributed by atoms with Crippen LogP contribution in [-0.4, -0.2) is 63.9 Å². The molecule has 234 valence electrons. The summed E-state index contributed by atoms with van der Waals surface area (Å²) < 4.78 is 61.3. The second-order valence-electron chi connectivity index (χ2n) is 11.0. The van der Waals surface area contributed by atoms with Gasteiger partial charge in [-0.2, -0.15) is 0 Å². The van der Waals surface area contributed by atoms with Crippen molar-refractivity contribution in [3.05, 3.63) is 81.7 Å². The molecule has 1 aromatic heterocycles. The number of hydrogen-bond acceptors (Lipinski definition) is 6. The lowest BCUT2D eigenvalue weighted by molar-refractivity contribution is 0.0604. The van der Waals surface area contributed by atoms with Crippen LogP contribution in [0.2, 0.25) is 5.02 Å². The minimum absolute atomic E-state index is 0.0106. The molecule has 1 N–H and O–H groups in total. The van der Waals surface area contributed by atoms with Crippen LogP contribution < -0.4 is 10.1 Å². The number of halogens is 3. The molecule has 1 aliphatic carbocycles. The second-order valence-corrected chi connectivity index (χ2v) is 14.6. The van der Waals surface area contributed by atoms with E-state index in [-0.39, 0.29) is 37.5 Å². The largest absolute Gasteiger partial charge is 0.496 e. The van der Waals surface area contributed by atoms with E-state index >= 15 is 0 Å². The Bertz CT molecular complexity index is 1790. The molecule has 1 heterocycles. The minimum Gasteiger partial charge on any atom is -0.496 e. The first-order chi connectivity index (χ1) is 21.0. The summed E-state index contributed by atoms with van der Waals surface area (Å²) in [6.07, 6.45) is 3.22. The fourth-order valence-electron chi connectivity index (χ4n) is 5.70. The molecule has 0 saturated heterocycles. The molecule has 7 nitrogen and oxygen atoms in total. The van der Waals surface area contributed by atoms with Crippen molar-refractivity contribution in [3.8, 4) is 16.9 Å². The molecule has 0 unspecified atom stereocenters. The average Bonchev–Trinajstić information content (AvgIpc) is 3.39. The fourth-order valence-corrected chi connectivity index (χ4v) is 8.11. The van der Waals surface area contributed by atoms with Crippen LogP contribution >= 0.6 is 22.9 Å². The standard InChI is InChI=1S/C32H34ClF2N3O4S2/c1-36-22-8-10-23(11-9-22)38(32(39)31-29(33)28-25(34)14-15-26(35)30(28)43-31)18-21-17-20(7-16-27(21)42-4)19-5-12-24(13-6-19)44(40,41)37(2)3/h5-7,12-17,22-23,36H,8-11,18H2,1-4H3/t22-,23+. The Morgan fingerprint density at radius 2 is 1.64 bits per heavy atom. The van der Waals surface area contributed by atoms with Gasteiger partial charge in [0.05, 0.1) is 27.1 Å². The normalized spacial score (nSPS) is 17.3. The van der Waals surface area contributed by atoms with Crippen LogP contribution in [0.1, 0.15) is 40.9 Å². The van der Waals surface area contributed by atoms with Crippen molar-refractivity contribution in [2.45, 2.75) is 49.2 Å². The summed E-state index contributed by atoms with van der Waals surface area (Å²) in [5.41, 5.74) is 2.33. The number of carbonyl (C=O) groups excluding carboxylic acids is 1. The SMILES string of the molecule is CN[C@H]1CC[C@@H](N(Cc2cc(-c3ccc(S(=O)(=O)N(C)C)cc3)ccc2OC)C(=O)c2sc3c(F)ccc(F)c3c2Cl)CC1. The summed E-state index contributed by atoms with van der Waals surface area (Å²) >= 11 is 7.43. The summed E-state index contributed by atoms with van der Waals surface area (Å²) in [6.45, 7) is 0.174. The van der Waals surface area contributed by atoms with Crippen molar-refractivity contribution < 1.29 is 26.7 Å². The number of amides is 1. The summed E-state index contributed by atoms with van der Waals surface area (Å²) in [7, 11) is 2.87. The van der Waals surface area contributed by atoms with E-state index in [1.165, 1.54) is 14.1 Å². The summed E-state index contributed by atoms with van der Waals surface area (Å²) in [6, 6.07) is 14.5. The lowest BCUT2D eigenvalue weighted by Crippen LogP contribution is -2.44. The Morgan fingerprint density at radius 1 is 1.00 bits per heavy atom. The van der Waals surface area contributed by atoms with E-state index in [4.69, 9.17) is 16.3 Å². The van der Waals surface area contributed by atoms with E-state index in [1.807, 2.05) is 25.2 Å². The van der Waals surface area contributed by atoms with Gasteiger partial charge in [-0.05, 0) is 80.3 Å². The van der Waals surface area contributed by atoms with Crippen molar-refractivity contribution in [1.82, 2.24) is 14.5 Å². The zero-order valence-corrected chi connectivity index (χ0v) is 27.3. The molecular weight excluding hydrogens is 628 g/mol. The van der Waals surface area contributed by atoms with Gasteiger partial charge in [0.1, 0.15) is 22.3 Å². The third kappa shape index (κ3) is 6.21. The van der Waals surface area contributed by atoms with Crippen LogP contribution in [-0.2, 0) is 16.6 Å². The number of nitrogens with one attached hydrogen (secondary N) is 1. The Labute approximate surface area is 265 Å². The average molecular weight is 662 g/mol. The molecule has 3 aromatic carbocycles. The first-order valence-corrected chi connectivity index (χ1v) is 16.8. The van der Waals surface area contributed by atoms with E-state index < -0.39 is 27.6 Å². The van der Waals surface area contributed by atoms with Crippen molar-refractivity contribution in [1.29, 1.82) is 0 Å². The van der Waals surface area contributed by atoms with Gasteiger partial charge in [-0.15, -0.1) is 11.3 Å². The van der Waals surface area contributed by atoms with Crippen LogP contribution in [0.25, 0.3) is 21.2 Å². The van der Waals surface area contributed by atoms with Crippen molar-refractivity contribution >= 4 is 49.0 Å². The number of fused-ring (bicyclic) bond motifs is 1. The molecule has 5 rings (SSSR count). The molecular formula is C32H34ClF2N3O4S2. The maximum Gasteiger partial charge on any atom is 0.266 e. The molecule has 1 fully saturated rings. The topological polar surface area (TPSA) is 79.0 Å². The molecule has 4 aromatic rings. The number of hydrogen-bond donors (Lipinski definition) is 1. The van der Waals surface area contributed by atoms with Crippen LogP contribution in [0.15, 0.2) is 59.5 Å². The number of ether oxygens (including phenoxy) is 1. The predicted molar refractivity (Wildman–Crippen MR) is 171 cm³/mol. The zero-order chi connectivity index (χ0) is 31.8. The number of carbonyl (C=O) groups is 1. The zero-order valence-electron chi connectivity index (χ0n) is 24.9. The van der Waals surface area contributed by atoms with Crippen LogP contribution in [0.3, 0.4) is 0 Å². The first-order valence-electron chi connectivity index (χ1n) is 14.2. The Balaban J connectivity index is 1.53. The van der Waals surface area contributed by atoms with Gasteiger partial charge >= 0.3 is 0 Å². The van der Waals surface area contributed by atoms with Gasteiger partial charge in [0.15, 0.2) is 0 Å². The maximum absolute atomic E-state index is 14.7. The molecule has 0 spiro atoms. The van der Waals surface area contributed by atoms with Crippen LogP contribution in [0.5, 0.6) is 5.75 Å². The summed E-state index contributed by atoms with van der Waals surface area (Å²) in [5.74, 6) is -1.14. The third-order valence-electron chi connectivity index (χ3n) is 8.27. The minimum atomic E-state index is -3.58. The molecule has 0 bridgehead atoms. The molecule has 0 aliphatic heterocycles. The number of benzene rings is 3. The van der Waals surface area contributed by atoms with E-state index in [9.17, 15) is 22.0 Å². The summed E-state index contributed by atoms with van der Waals surface area (Å²) in [4.78, 5) is 16.3. The molecule has 44 heavy (non-hydrogen) atoms. The lowest BCUT2D eigenvalue weighted by Gasteiger charge is -2.37. The van der Waals surface area contributed by atoms with E-state index in [2.05, 4.69) is 5.32 Å². The van der Waals surface area contributed by atoms with Crippen LogP contribution in [0.4, 0.5) is 8.78 Å². The van der Waals surface area contributed by atoms with Gasteiger partial charge in [0.2, 0.25) is 10.0 Å². The highest BCUT2D eigenvalue weighted by Crippen LogP contribution is 2.40. The van der Waals surface area contributed by atoms with Crippen LogP contribution in [0, 0.1) is 11.6 Å². The lowest BCUT2D eigenvalue weighted by atomic mass is 9.89. The molecule has 12 heteroatoms. The number of nitrogens with zero attached hydrogens (tertiary/aromatic N) is 2. The molecule has 0 atom stereocenters. The van der Waals surface area contributed by atoms with Gasteiger partial charge in [0.25, 0.3) is 5.91 Å².